The van der Waals surface area contributed by atoms with Gasteiger partial charge >= 0.3 is 13.2 Å². The number of amides is 1. The quantitative estimate of drug-likeness (QED) is 0.786. The molecule has 2 rings (SSSR count). The van der Waals surface area contributed by atoms with Crippen LogP contribution in [0.2, 0.25) is 0 Å². The molecular weight excluding hydrogens is 318 g/mol. The van der Waals surface area contributed by atoms with Gasteiger partial charge in [-0.3, -0.25) is 0 Å². The number of piperidine rings is 1. The number of halogens is 1. The van der Waals surface area contributed by atoms with Gasteiger partial charge in [-0.1, -0.05) is 0 Å². The van der Waals surface area contributed by atoms with E-state index < -0.39 is 18.5 Å². The number of nitrogens with zero attached hydrogens (tertiary/aromatic N) is 2. The maximum atomic E-state index is 13.4. The predicted octanol–water partition coefficient (Wildman–Crippen LogP) is 0.679. The number of likely N-dealkylation sites (tertiary alicyclic amines) is 1. The van der Waals surface area contributed by atoms with Crippen LogP contribution in [0, 0.1) is 5.82 Å². The summed E-state index contributed by atoms with van der Waals surface area (Å²) < 4.78 is 24.4. The van der Waals surface area contributed by atoms with Crippen LogP contribution in [0.25, 0.3) is 0 Å². The monoisotopic (exact) mass is 340 g/mol. The van der Waals surface area contributed by atoms with Crippen LogP contribution in [0.15, 0.2) is 12.3 Å². The Morgan fingerprint density at radius 2 is 2.00 bits per heavy atom. The molecule has 0 atom stereocenters. The van der Waals surface area contributed by atoms with Crippen LogP contribution in [0.5, 0.6) is 5.88 Å². The lowest BCUT2D eigenvalue weighted by Crippen LogP contribution is -2.44. The fraction of sp³-hybridized carbons (Fsp3) is 0.600. The summed E-state index contributed by atoms with van der Waals surface area (Å²) in [6, 6.07) is 1.17. The minimum Gasteiger partial charge on any atom is -0.474 e. The first-order chi connectivity index (χ1) is 11.2. The Morgan fingerprint density at radius 3 is 2.54 bits per heavy atom. The van der Waals surface area contributed by atoms with Crippen molar-refractivity contribution in [3.05, 3.63) is 18.1 Å². The van der Waals surface area contributed by atoms with E-state index >= 15 is 0 Å². The lowest BCUT2D eigenvalue weighted by molar-refractivity contribution is 0.0123. The minimum absolute atomic E-state index is 0.121. The molecule has 2 N–H and O–H groups in total. The van der Waals surface area contributed by atoms with Crippen LogP contribution < -0.4 is 10.2 Å². The molecule has 0 aliphatic carbocycles. The summed E-state index contributed by atoms with van der Waals surface area (Å²) in [6.07, 6.45) is 1.50. The summed E-state index contributed by atoms with van der Waals surface area (Å²) in [5.41, 5.74) is -0.824. The maximum Gasteiger partial charge on any atom is 0.491 e. The number of rotatable bonds is 3. The van der Waals surface area contributed by atoms with E-state index in [-0.39, 0.29) is 23.5 Å². The highest BCUT2D eigenvalue weighted by molar-refractivity contribution is 6.58. The number of aromatic nitrogens is 1. The number of hydrogen-bond donors (Lipinski definition) is 2. The van der Waals surface area contributed by atoms with E-state index in [1.807, 2.05) is 20.8 Å². The predicted molar refractivity (Wildman–Crippen MR) is 85.5 cm³/mol. The standard InChI is InChI=1S/C15H22BFN2O5/c1-15(2,3)24-14(20)19-6-4-10(5-7-19)23-13-8-11(16(21)22)12(17)9-18-13/h8-10,21-22H,4-7H2,1-3H3. The second kappa shape index (κ2) is 7.35. The summed E-state index contributed by atoms with van der Waals surface area (Å²) >= 11 is 0. The van der Waals surface area contributed by atoms with E-state index in [9.17, 15) is 9.18 Å². The number of pyridine rings is 1. The fourth-order valence-corrected chi connectivity index (χ4v) is 2.35. The molecule has 9 heteroatoms. The van der Waals surface area contributed by atoms with Crippen LogP contribution in [-0.2, 0) is 4.74 Å². The van der Waals surface area contributed by atoms with Gasteiger partial charge in [0.2, 0.25) is 5.88 Å². The lowest BCUT2D eigenvalue weighted by Gasteiger charge is -2.33. The maximum absolute atomic E-state index is 13.4. The number of hydrogen-bond acceptors (Lipinski definition) is 6. The van der Waals surface area contributed by atoms with Gasteiger partial charge < -0.3 is 24.4 Å². The Labute approximate surface area is 140 Å². The normalized spacial score (nSPS) is 16.0. The Balaban J connectivity index is 1.89. The zero-order valence-electron chi connectivity index (χ0n) is 14.0. The highest BCUT2D eigenvalue weighted by atomic mass is 19.1. The highest BCUT2D eigenvalue weighted by Crippen LogP contribution is 2.19. The average Bonchev–Trinajstić information content (AvgIpc) is 2.48. The number of ether oxygens (including phenoxy) is 2. The van der Waals surface area contributed by atoms with Gasteiger partial charge in [0, 0.05) is 37.5 Å². The van der Waals surface area contributed by atoms with Gasteiger partial charge in [-0.25, -0.2) is 14.2 Å². The molecule has 0 unspecified atom stereocenters. The summed E-state index contributed by atoms with van der Waals surface area (Å²) in [5.74, 6) is -0.688. The van der Waals surface area contributed by atoms with Crippen molar-refractivity contribution >= 4 is 18.7 Å². The Hall–Kier alpha value is -1.87. The molecule has 1 aromatic heterocycles. The largest absolute Gasteiger partial charge is 0.491 e. The average molecular weight is 340 g/mol. The molecule has 0 saturated carbocycles. The molecule has 1 aliphatic rings. The third-order valence-corrected chi connectivity index (χ3v) is 3.52. The zero-order chi connectivity index (χ0) is 17.9. The molecule has 1 aliphatic heterocycles. The third-order valence-electron chi connectivity index (χ3n) is 3.52. The SMILES string of the molecule is CC(C)(C)OC(=O)N1CCC(Oc2cc(B(O)O)c(F)cn2)CC1. The van der Waals surface area contributed by atoms with Gasteiger partial charge in [0.1, 0.15) is 17.5 Å². The van der Waals surface area contributed by atoms with Crippen LogP contribution in [0.4, 0.5) is 9.18 Å². The zero-order valence-corrected chi connectivity index (χ0v) is 14.0. The Kier molecular flexibility index (Phi) is 5.66. The van der Waals surface area contributed by atoms with Crippen molar-refractivity contribution in [2.75, 3.05) is 13.1 Å². The van der Waals surface area contributed by atoms with Gasteiger partial charge in [0.05, 0.1) is 6.20 Å². The molecule has 1 amide bonds. The van der Waals surface area contributed by atoms with Gasteiger partial charge in [0.15, 0.2) is 0 Å². The van der Waals surface area contributed by atoms with E-state index in [1.54, 1.807) is 4.90 Å². The molecule has 132 valence electrons. The van der Waals surface area contributed by atoms with E-state index in [0.29, 0.717) is 25.9 Å². The molecule has 1 saturated heterocycles. The fourth-order valence-electron chi connectivity index (χ4n) is 2.35. The topological polar surface area (TPSA) is 92.1 Å². The van der Waals surface area contributed by atoms with Gasteiger partial charge in [-0.15, -0.1) is 0 Å². The summed E-state index contributed by atoms with van der Waals surface area (Å²) in [7, 11) is -1.93. The van der Waals surface area contributed by atoms with Crippen LogP contribution in [0.1, 0.15) is 33.6 Å². The Morgan fingerprint density at radius 1 is 1.38 bits per heavy atom. The van der Waals surface area contributed by atoms with Gasteiger partial charge in [0.25, 0.3) is 0 Å². The van der Waals surface area contributed by atoms with Crippen molar-refractivity contribution in [3.8, 4) is 5.88 Å². The number of carbonyl (C=O) groups is 1. The smallest absolute Gasteiger partial charge is 0.474 e. The molecule has 0 aromatic carbocycles. The van der Waals surface area contributed by atoms with Crippen molar-refractivity contribution in [2.24, 2.45) is 0 Å². The van der Waals surface area contributed by atoms with Gasteiger partial charge in [-0.05, 0) is 20.8 Å². The van der Waals surface area contributed by atoms with Crippen LogP contribution in [-0.4, -0.2) is 57.9 Å². The van der Waals surface area contributed by atoms with Crippen molar-refractivity contribution in [1.82, 2.24) is 9.88 Å². The van der Waals surface area contributed by atoms with E-state index in [1.165, 1.54) is 6.07 Å². The molecule has 0 bridgehead atoms. The Bertz CT molecular complexity index is 586. The number of carbonyl (C=O) groups excluding carboxylic acids is 1. The lowest BCUT2D eigenvalue weighted by atomic mass is 9.80. The van der Waals surface area contributed by atoms with E-state index in [4.69, 9.17) is 19.5 Å². The van der Waals surface area contributed by atoms with Crippen molar-refractivity contribution < 1.29 is 28.7 Å². The molecule has 1 aromatic rings. The molecule has 2 heterocycles. The molecular formula is C15H22BFN2O5. The van der Waals surface area contributed by atoms with Crippen molar-refractivity contribution in [3.63, 3.8) is 0 Å². The first-order valence-corrected chi connectivity index (χ1v) is 7.82. The van der Waals surface area contributed by atoms with Crippen LogP contribution >= 0.6 is 0 Å². The summed E-state index contributed by atoms with van der Waals surface area (Å²) in [4.78, 5) is 17.4. The highest BCUT2D eigenvalue weighted by Gasteiger charge is 2.28. The first-order valence-electron chi connectivity index (χ1n) is 7.82. The second-order valence-electron chi connectivity index (χ2n) is 6.70. The molecule has 24 heavy (non-hydrogen) atoms. The second-order valence-corrected chi connectivity index (χ2v) is 6.70. The third kappa shape index (κ3) is 5.07. The molecule has 7 nitrogen and oxygen atoms in total. The first kappa shape index (κ1) is 18.5. The van der Waals surface area contributed by atoms with E-state index in [0.717, 1.165) is 6.20 Å². The minimum atomic E-state index is -1.93. The summed E-state index contributed by atoms with van der Waals surface area (Å²) in [5, 5.41) is 18.2. The van der Waals surface area contributed by atoms with Crippen molar-refractivity contribution in [2.45, 2.75) is 45.3 Å². The summed E-state index contributed by atoms with van der Waals surface area (Å²) in [6.45, 7) is 6.41. The van der Waals surface area contributed by atoms with Crippen LogP contribution in [0.3, 0.4) is 0 Å². The molecule has 0 radical (unpaired) electrons. The van der Waals surface area contributed by atoms with Gasteiger partial charge in [-0.2, -0.15) is 0 Å². The van der Waals surface area contributed by atoms with Crippen molar-refractivity contribution in [1.29, 1.82) is 0 Å². The van der Waals surface area contributed by atoms with E-state index in [2.05, 4.69) is 4.98 Å². The molecule has 0 spiro atoms. The molecule has 1 fully saturated rings.